The molecular weight excluding hydrogens is 286 g/mol. The maximum atomic E-state index is 12.2. The van der Waals surface area contributed by atoms with Crippen LogP contribution in [0.15, 0.2) is 30.3 Å². The minimum atomic E-state index is -0.860. The van der Waals surface area contributed by atoms with Crippen LogP contribution in [0.3, 0.4) is 0 Å². The van der Waals surface area contributed by atoms with Gasteiger partial charge in [-0.2, -0.15) is 11.8 Å². The fourth-order valence-electron chi connectivity index (χ4n) is 2.85. The Kier molecular flexibility index (Phi) is 4.93. The van der Waals surface area contributed by atoms with E-state index in [1.54, 1.807) is 4.90 Å². The first-order valence-corrected chi connectivity index (χ1v) is 8.40. The molecule has 1 N–H and O–H groups in total. The van der Waals surface area contributed by atoms with Gasteiger partial charge in [0.05, 0.1) is 10.7 Å². The quantitative estimate of drug-likeness (QED) is 0.928. The fraction of sp³-hybridized carbons (Fsp3) is 0.500. The van der Waals surface area contributed by atoms with Gasteiger partial charge in [0.2, 0.25) is 5.91 Å². The van der Waals surface area contributed by atoms with Crippen molar-refractivity contribution in [3.63, 3.8) is 0 Å². The molecule has 1 heterocycles. The highest BCUT2D eigenvalue weighted by molar-refractivity contribution is 7.99. The van der Waals surface area contributed by atoms with Gasteiger partial charge in [-0.25, -0.2) is 0 Å². The van der Waals surface area contributed by atoms with Crippen LogP contribution in [0.4, 0.5) is 0 Å². The third kappa shape index (κ3) is 3.07. The molecule has 0 aliphatic carbocycles. The molecule has 4 nitrogen and oxygen atoms in total. The Morgan fingerprint density at radius 3 is 2.29 bits per heavy atom. The predicted octanol–water partition coefficient (Wildman–Crippen LogP) is 2.38. The van der Waals surface area contributed by atoms with Gasteiger partial charge in [0, 0.05) is 13.1 Å². The Bertz CT molecular complexity index is 510. The summed E-state index contributed by atoms with van der Waals surface area (Å²) in [5, 5.41) is 9.64. The topological polar surface area (TPSA) is 57.6 Å². The van der Waals surface area contributed by atoms with Crippen LogP contribution in [-0.2, 0) is 15.0 Å². The molecule has 0 bridgehead atoms. The summed E-state index contributed by atoms with van der Waals surface area (Å²) in [4.78, 5) is 25.8. The largest absolute Gasteiger partial charge is 0.481 e. The van der Waals surface area contributed by atoms with Crippen LogP contribution in [0.2, 0.25) is 0 Å². The standard InChI is InChI=1S/C16H21NO3S/c1-12(21-2)14(18)17-10-8-16(9-11-17,15(19)20)13-6-4-3-5-7-13/h3-7,12H,8-11H2,1-2H3,(H,19,20)/t12-/m1/s1. The monoisotopic (exact) mass is 307 g/mol. The van der Waals surface area contributed by atoms with Crippen LogP contribution in [0.1, 0.15) is 25.3 Å². The maximum Gasteiger partial charge on any atom is 0.314 e. The van der Waals surface area contributed by atoms with Crippen LogP contribution in [0.25, 0.3) is 0 Å². The zero-order valence-corrected chi connectivity index (χ0v) is 13.2. The van der Waals surface area contributed by atoms with Crippen molar-refractivity contribution >= 4 is 23.6 Å². The number of carboxylic acid groups (broad SMARTS) is 1. The van der Waals surface area contributed by atoms with Crippen molar-refractivity contribution in [3.8, 4) is 0 Å². The van der Waals surface area contributed by atoms with E-state index >= 15 is 0 Å². The average molecular weight is 307 g/mol. The molecule has 1 aromatic rings. The summed E-state index contributed by atoms with van der Waals surface area (Å²) in [7, 11) is 0. The average Bonchev–Trinajstić information content (AvgIpc) is 2.54. The second kappa shape index (κ2) is 6.52. The SMILES string of the molecule is CS[C@H](C)C(=O)N1CCC(C(=O)O)(c2ccccc2)CC1. The molecule has 2 rings (SSSR count). The number of benzene rings is 1. The van der Waals surface area contributed by atoms with Gasteiger partial charge in [-0.3, -0.25) is 9.59 Å². The van der Waals surface area contributed by atoms with E-state index in [0.717, 1.165) is 5.56 Å². The lowest BCUT2D eigenvalue weighted by molar-refractivity contribution is -0.148. The number of carbonyl (C=O) groups is 2. The normalized spacial score (nSPS) is 19.0. The van der Waals surface area contributed by atoms with E-state index in [1.165, 1.54) is 11.8 Å². The Balaban J connectivity index is 2.16. The van der Waals surface area contributed by atoms with Crippen LogP contribution >= 0.6 is 11.8 Å². The molecule has 114 valence electrons. The van der Waals surface area contributed by atoms with Gasteiger partial charge in [-0.1, -0.05) is 30.3 Å². The summed E-state index contributed by atoms with van der Waals surface area (Å²) in [6.45, 7) is 2.90. The molecule has 5 heteroatoms. The Morgan fingerprint density at radius 2 is 1.81 bits per heavy atom. The number of nitrogens with zero attached hydrogens (tertiary/aromatic N) is 1. The molecule has 0 spiro atoms. The molecule has 1 aliphatic rings. The summed E-state index contributed by atoms with van der Waals surface area (Å²) in [5.74, 6) is -0.687. The third-order valence-corrected chi connectivity index (χ3v) is 5.27. The molecule has 1 atom stereocenters. The number of likely N-dealkylation sites (tertiary alicyclic amines) is 1. The zero-order chi connectivity index (χ0) is 15.5. The zero-order valence-electron chi connectivity index (χ0n) is 12.4. The molecule has 1 amide bonds. The Hall–Kier alpha value is -1.49. The van der Waals surface area contributed by atoms with Gasteiger partial charge in [0.1, 0.15) is 0 Å². The number of carbonyl (C=O) groups excluding carboxylic acids is 1. The number of thioether (sulfide) groups is 1. The summed E-state index contributed by atoms with van der Waals surface area (Å²) in [6.07, 6.45) is 2.86. The molecule has 1 saturated heterocycles. The number of piperidine rings is 1. The van der Waals surface area contributed by atoms with E-state index in [9.17, 15) is 14.7 Å². The summed E-state index contributed by atoms with van der Waals surface area (Å²) < 4.78 is 0. The van der Waals surface area contributed by atoms with Crippen LogP contribution in [0.5, 0.6) is 0 Å². The Labute approximate surface area is 129 Å². The van der Waals surface area contributed by atoms with E-state index < -0.39 is 11.4 Å². The van der Waals surface area contributed by atoms with Crippen molar-refractivity contribution in [2.24, 2.45) is 0 Å². The number of aliphatic carboxylic acids is 1. The number of carboxylic acids is 1. The lowest BCUT2D eigenvalue weighted by Gasteiger charge is -2.39. The highest BCUT2D eigenvalue weighted by atomic mass is 32.2. The predicted molar refractivity (Wildman–Crippen MR) is 84.5 cm³/mol. The van der Waals surface area contributed by atoms with E-state index in [0.29, 0.717) is 25.9 Å². The van der Waals surface area contributed by atoms with Crippen molar-refractivity contribution in [1.29, 1.82) is 0 Å². The maximum absolute atomic E-state index is 12.2. The van der Waals surface area contributed by atoms with Gasteiger partial charge >= 0.3 is 5.97 Å². The minimum Gasteiger partial charge on any atom is -0.481 e. The molecule has 0 radical (unpaired) electrons. The van der Waals surface area contributed by atoms with Crippen LogP contribution in [-0.4, -0.2) is 46.5 Å². The first-order chi connectivity index (χ1) is 10.0. The first-order valence-electron chi connectivity index (χ1n) is 7.12. The lowest BCUT2D eigenvalue weighted by Crippen LogP contribution is -2.50. The van der Waals surface area contributed by atoms with Crippen molar-refractivity contribution in [3.05, 3.63) is 35.9 Å². The van der Waals surface area contributed by atoms with Crippen LogP contribution < -0.4 is 0 Å². The van der Waals surface area contributed by atoms with Crippen molar-refractivity contribution in [2.45, 2.75) is 30.4 Å². The van der Waals surface area contributed by atoms with Crippen molar-refractivity contribution in [2.75, 3.05) is 19.3 Å². The molecule has 21 heavy (non-hydrogen) atoms. The van der Waals surface area contributed by atoms with Gasteiger partial charge in [-0.15, -0.1) is 0 Å². The highest BCUT2D eigenvalue weighted by Gasteiger charge is 2.44. The molecule has 0 saturated carbocycles. The molecule has 1 fully saturated rings. The Morgan fingerprint density at radius 1 is 1.24 bits per heavy atom. The molecule has 1 aliphatic heterocycles. The van der Waals surface area contributed by atoms with Gasteiger partial charge < -0.3 is 10.0 Å². The van der Waals surface area contributed by atoms with Gasteiger partial charge in [-0.05, 0) is 31.6 Å². The minimum absolute atomic E-state index is 0.0703. The van der Waals surface area contributed by atoms with E-state index in [1.807, 2.05) is 43.5 Å². The molecule has 1 aromatic carbocycles. The first kappa shape index (κ1) is 15.9. The lowest BCUT2D eigenvalue weighted by atomic mass is 9.73. The third-order valence-electron chi connectivity index (χ3n) is 4.37. The van der Waals surface area contributed by atoms with E-state index in [-0.39, 0.29) is 11.2 Å². The number of hydrogen-bond donors (Lipinski definition) is 1. The van der Waals surface area contributed by atoms with E-state index in [2.05, 4.69) is 0 Å². The number of amides is 1. The molecule has 0 aromatic heterocycles. The fourth-order valence-corrected chi connectivity index (χ4v) is 3.20. The summed E-state index contributed by atoms with van der Waals surface area (Å²) in [5.41, 5.74) is -0.0248. The van der Waals surface area contributed by atoms with E-state index in [4.69, 9.17) is 0 Å². The number of rotatable bonds is 4. The molecular formula is C16H21NO3S. The summed E-state index contributed by atoms with van der Waals surface area (Å²) >= 11 is 1.52. The van der Waals surface area contributed by atoms with Gasteiger partial charge in [0.25, 0.3) is 0 Å². The van der Waals surface area contributed by atoms with Gasteiger partial charge in [0.15, 0.2) is 0 Å². The molecule has 0 unspecified atom stereocenters. The van der Waals surface area contributed by atoms with Crippen molar-refractivity contribution in [1.82, 2.24) is 4.90 Å². The second-order valence-corrected chi connectivity index (χ2v) is 6.64. The van der Waals surface area contributed by atoms with Crippen LogP contribution in [0, 0.1) is 0 Å². The second-order valence-electron chi connectivity index (χ2n) is 5.46. The summed E-state index contributed by atoms with van der Waals surface area (Å²) in [6, 6.07) is 9.37. The highest BCUT2D eigenvalue weighted by Crippen LogP contribution is 2.36. The smallest absolute Gasteiger partial charge is 0.314 e. The number of hydrogen-bond acceptors (Lipinski definition) is 3. The van der Waals surface area contributed by atoms with Crippen molar-refractivity contribution < 1.29 is 14.7 Å².